The first kappa shape index (κ1) is 14.8. The fourth-order valence-corrected chi connectivity index (χ4v) is 3.73. The minimum absolute atomic E-state index is 0.00963. The SMILES string of the molecule is CC(C)OCCS(=O)(=O)N1CCCC1C(N)=S. The van der Waals surface area contributed by atoms with Crippen molar-refractivity contribution in [3.8, 4) is 0 Å². The number of thiocarbonyl (C=S) groups is 1. The second-order valence-electron chi connectivity index (χ2n) is 4.41. The van der Waals surface area contributed by atoms with E-state index in [1.54, 1.807) is 0 Å². The minimum Gasteiger partial charge on any atom is -0.392 e. The molecule has 1 saturated heterocycles. The first-order chi connectivity index (χ1) is 7.84. The summed E-state index contributed by atoms with van der Waals surface area (Å²) >= 11 is 4.90. The van der Waals surface area contributed by atoms with Crippen LogP contribution in [0.2, 0.25) is 0 Å². The third kappa shape index (κ3) is 4.17. The Morgan fingerprint density at radius 1 is 1.59 bits per heavy atom. The summed E-state index contributed by atoms with van der Waals surface area (Å²) in [5.74, 6) is -0.00963. The molecule has 0 aromatic carbocycles. The quantitative estimate of drug-likeness (QED) is 0.717. The van der Waals surface area contributed by atoms with Crippen molar-refractivity contribution in [3.63, 3.8) is 0 Å². The monoisotopic (exact) mass is 280 g/mol. The zero-order chi connectivity index (χ0) is 13.1. The molecule has 0 aromatic rings. The lowest BCUT2D eigenvalue weighted by Crippen LogP contribution is -2.44. The molecule has 1 aliphatic rings. The predicted molar refractivity (Wildman–Crippen MR) is 71.4 cm³/mol. The number of rotatable bonds is 6. The molecule has 0 saturated carbocycles. The Labute approximate surface area is 108 Å². The predicted octanol–water partition coefficient (Wildman–Crippen LogP) is 0.492. The topological polar surface area (TPSA) is 72.6 Å². The van der Waals surface area contributed by atoms with E-state index in [-0.39, 0.29) is 29.5 Å². The van der Waals surface area contributed by atoms with Gasteiger partial charge in [-0.3, -0.25) is 0 Å². The zero-order valence-corrected chi connectivity index (χ0v) is 11.9. The number of sulfonamides is 1. The van der Waals surface area contributed by atoms with Crippen LogP contribution in [0, 0.1) is 0 Å². The number of nitrogens with zero attached hydrogens (tertiary/aromatic N) is 1. The average molecular weight is 280 g/mol. The normalized spacial score (nSPS) is 22.2. The van der Waals surface area contributed by atoms with Gasteiger partial charge in [-0.05, 0) is 26.7 Å². The van der Waals surface area contributed by atoms with Gasteiger partial charge < -0.3 is 10.5 Å². The molecular formula is C10H20N2O3S2. The van der Waals surface area contributed by atoms with E-state index < -0.39 is 10.0 Å². The highest BCUT2D eigenvalue weighted by Gasteiger charge is 2.35. The van der Waals surface area contributed by atoms with Crippen molar-refractivity contribution < 1.29 is 13.2 Å². The van der Waals surface area contributed by atoms with E-state index in [1.165, 1.54) is 4.31 Å². The summed E-state index contributed by atoms with van der Waals surface area (Å²) in [5.41, 5.74) is 5.56. The Kier molecular flexibility index (Phi) is 5.30. The van der Waals surface area contributed by atoms with Gasteiger partial charge in [-0.1, -0.05) is 12.2 Å². The van der Waals surface area contributed by atoms with Crippen molar-refractivity contribution in [2.45, 2.75) is 38.8 Å². The minimum atomic E-state index is -3.31. The van der Waals surface area contributed by atoms with Crippen LogP contribution in [0.15, 0.2) is 0 Å². The van der Waals surface area contributed by atoms with E-state index in [0.717, 1.165) is 12.8 Å². The molecule has 0 radical (unpaired) electrons. The fourth-order valence-electron chi connectivity index (χ4n) is 1.86. The van der Waals surface area contributed by atoms with Crippen LogP contribution in [-0.2, 0) is 14.8 Å². The van der Waals surface area contributed by atoms with Crippen molar-refractivity contribution in [3.05, 3.63) is 0 Å². The Hall–Kier alpha value is -0.240. The molecule has 2 N–H and O–H groups in total. The van der Waals surface area contributed by atoms with Crippen LogP contribution in [0.1, 0.15) is 26.7 Å². The average Bonchev–Trinajstić information content (AvgIpc) is 2.65. The maximum atomic E-state index is 12.1. The van der Waals surface area contributed by atoms with Crippen molar-refractivity contribution in [2.24, 2.45) is 5.73 Å². The van der Waals surface area contributed by atoms with Crippen LogP contribution in [0.3, 0.4) is 0 Å². The van der Waals surface area contributed by atoms with Crippen LogP contribution >= 0.6 is 12.2 Å². The maximum Gasteiger partial charge on any atom is 0.217 e. The molecule has 0 amide bonds. The van der Waals surface area contributed by atoms with Crippen LogP contribution in [0.4, 0.5) is 0 Å². The Bertz CT molecular complexity index is 368. The lowest BCUT2D eigenvalue weighted by molar-refractivity contribution is 0.0907. The fraction of sp³-hybridized carbons (Fsp3) is 0.900. The van der Waals surface area contributed by atoms with Crippen molar-refractivity contribution in [1.29, 1.82) is 0 Å². The zero-order valence-electron chi connectivity index (χ0n) is 10.3. The molecule has 1 unspecified atom stereocenters. The summed E-state index contributed by atoms with van der Waals surface area (Å²) in [6.45, 7) is 4.47. The lowest BCUT2D eigenvalue weighted by atomic mass is 10.2. The molecule has 0 aromatic heterocycles. The molecule has 5 nitrogen and oxygen atoms in total. The van der Waals surface area contributed by atoms with Gasteiger partial charge in [-0.2, -0.15) is 4.31 Å². The van der Waals surface area contributed by atoms with Gasteiger partial charge in [0.05, 0.1) is 29.5 Å². The molecule has 0 aliphatic carbocycles. The Morgan fingerprint density at radius 2 is 2.24 bits per heavy atom. The summed E-state index contributed by atoms with van der Waals surface area (Å²) in [4.78, 5) is 0.260. The highest BCUT2D eigenvalue weighted by atomic mass is 32.2. The van der Waals surface area contributed by atoms with Gasteiger partial charge >= 0.3 is 0 Å². The molecule has 1 fully saturated rings. The summed E-state index contributed by atoms with van der Waals surface area (Å²) in [6.07, 6.45) is 1.57. The number of nitrogens with two attached hydrogens (primary N) is 1. The van der Waals surface area contributed by atoms with Crippen LogP contribution < -0.4 is 5.73 Å². The molecule has 1 heterocycles. The van der Waals surface area contributed by atoms with E-state index in [0.29, 0.717) is 6.54 Å². The largest absolute Gasteiger partial charge is 0.392 e. The van der Waals surface area contributed by atoms with Gasteiger partial charge in [-0.25, -0.2) is 8.42 Å². The van der Waals surface area contributed by atoms with E-state index in [1.807, 2.05) is 13.8 Å². The van der Waals surface area contributed by atoms with Gasteiger partial charge in [0, 0.05) is 6.54 Å². The second-order valence-corrected chi connectivity index (χ2v) is 6.92. The number of hydrogen-bond donors (Lipinski definition) is 1. The molecule has 7 heteroatoms. The number of ether oxygens (including phenoxy) is 1. The van der Waals surface area contributed by atoms with Gasteiger partial charge in [0.15, 0.2) is 0 Å². The van der Waals surface area contributed by atoms with Crippen LogP contribution in [0.5, 0.6) is 0 Å². The summed E-state index contributed by atoms with van der Waals surface area (Å²) in [7, 11) is -3.31. The lowest BCUT2D eigenvalue weighted by Gasteiger charge is -2.23. The smallest absolute Gasteiger partial charge is 0.217 e. The first-order valence-electron chi connectivity index (χ1n) is 5.75. The Balaban J connectivity index is 2.60. The summed E-state index contributed by atoms with van der Waals surface area (Å²) in [6, 6.07) is -0.311. The molecule has 1 atom stereocenters. The second kappa shape index (κ2) is 6.08. The molecular weight excluding hydrogens is 260 g/mol. The third-order valence-electron chi connectivity index (χ3n) is 2.68. The van der Waals surface area contributed by atoms with Crippen LogP contribution in [-0.4, -0.2) is 48.8 Å². The highest BCUT2D eigenvalue weighted by molar-refractivity contribution is 7.89. The van der Waals surface area contributed by atoms with Crippen LogP contribution in [0.25, 0.3) is 0 Å². The molecule has 1 aliphatic heterocycles. The van der Waals surface area contributed by atoms with Gasteiger partial charge in [0.1, 0.15) is 0 Å². The van der Waals surface area contributed by atoms with Crippen molar-refractivity contribution >= 4 is 27.2 Å². The van der Waals surface area contributed by atoms with E-state index in [2.05, 4.69) is 0 Å². The van der Waals surface area contributed by atoms with E-state index >= 15 is 0 Å². The summed E-state index contributed by atoms with van der Waals surface area (Å²) in [5, 5.41) is 0. The third-order valence-corrected chi connectivity index (χ3v) is 4.79. The highest BCUT2D eigenvalue weighted by Crippen LogP contribution is 2.21. The Morgan fingerprint density at radius 3 is 2.76 bits per heavy atom. The molecule has 0 bridgehead atoms. The van der Waals surface area contributed by atoms with Gasteiger partial charge in [0.2, 0.25) is 10.0 Å². The van der Waals surface area contributed by atoms with Crippen molar-refractivity contribution in [2.75, 3.05) is 18.9 Å². The number of hydrogen-bond acceptors (Lipinski definition) is 4. The molecule has 1 rings (SSSR count). The van der Waals surface area contributed by atoms with Gasteiger partial charge in [0.25, 0.3) is 0 Å². The van der Waals surface area contributed by atoms with Crippen molar-refractivity contribution in [1.82, 2.24) is 4.31 Å². The van der Waals surface area contributed by atoms with Gasteiger partial charge in [-0.15, -0.1) is 0 Å². The molecule has 0 spiro atoms. The summed E-state index contributed by atoms with van der Waals surface area (Å²) < 4.78 is 30.8. The molecule has 100 valence electrons. The van der Waals surface area contributed by atoms with E-state index in [9.17, 15) is 8.42 Å². The maximum absolute atomic E-state index is 12.1. The first-order valence-corrected chi connectivity index (χ1v) is 7.77. The molecule has 17 heavy (non-hydrogen) atoms. The van der Waals surface area contributed by atoms with E-state index in [4.69, 9.17) is 22.7 Å². The standard InChI is InChI=1S/C10H20N2O3S2/c1-8(2)15-6-7-17(13,14)12-5-3-4-9(12)10(11)16/h8-9H,3-7H2,1-2H3,(H2,11,16).